The number of carbonyl (C=O) groups is 3. The van der Waals surface area contributed by atoms with Gasteiger partial charge in [0.05, 0.1) is 11.8 Å². The molecule has 0 fully saturated rings. The number of benzene rings is 2. The Kier molecular flexibility index (Phi) is 5.80. The van der Waals surface area contributed by atoms with E-state index in [0.717, 1.165) is 5.56 Å². The maximum absolute atomic E-state index is 12.6. The SMILES string of the molecule is Cc1ccc(C(=O)O[C@H](C)C(=O)Nc2ccc3c(c2)OCO3)cc1NC(=O)c1ccco1. The first-order valence-electron chi connectivity index (χ1n) is 9.78. The second-order valence-electron chi connectivity index (χ2n) is 7.07. The molecule has 4 rings (SSSR count). The van der Waals surface area contributed by atoms with Crippen molar-refractivity contribution < 1.29 is 33.0 Å². The van der Waals surface area contributed by atoms with Gasteiger partial charge in [-0.05, 0) is 55.8 Å². The number of rotatable bonds is 6. The lowest BCUT2D eigenvalue weighted by molar-refractivity contribution is -0.123. The lowest BCUT2D eigenvalue weighted by atomic mass is 10.1. The normalized spacial score (nSPS) is 12.7. The van der Waals surface area contributed by atoms with Crippen LogP contribution in [0.1, 0.15) is 33.4 Å². The Morgan fingerprint density at radius 3 is 2.59 bits per heavy atom. The maximum atomic E-state index is 12.6. The van der Waals surface area contributed by atoms with Crippen LogP contribution in [0, 0.1) is 6.92 Å². The molecule has 1 aliphatic heterocycles. The van der Waals surface area contributed by atoms with Crippen molar-refractivity contribution in [2.45, 2.75) is 20.0 Å². The molecule has 32 heavy (non-hydrogen) atoms. The van der Waals surface area contributed by atoms with Gasteiger partial charge >= 0.3 is 5.97 Å². The summed E-state index contributed by atoms with van der Waals surface area (Å²) in [6.45, 7) is 3.38. The lowest BCUT2D eigenvalue weighted by Crippen LogP contribution is -2.30. The summed E-state index contributed by atoms with van der Waals surface area (Å²) >= 11 is 0. The van der Waals surface area contributed by atoms with E-state index in [-0.39, 0.29) is 18.1 Å². The molecule has 0 bridgehead atoms. The molecule has 0 unspecified atom stereocenters. The number of ether oxygens (including phenoxy) is 3. The molecule has 1 aromatic heterocycles. The fraction of sp³-hybridized carbons (Fsp3) is 0.174. The molecule has 2 N–H and O–H groups in total. The number of carbonyl (C=O) groups excluding carboxylic acids is 3. The van der Waals surface area contributed by atoms with Crippen LogP contribution in [0.2, 0.25) is 0 Å². The Bertz CT molecular complexity index is 1170. The Morgan fingerprint density at radius 1 is 1.00 bits per heavy atom. The average Bonchev–Trinajstić information content (AvgIpc) is 3.47. The zero-order valence-corrected chi connectivity index (χ0v) is 17.3. The summed E-state index contributed by atoms with van der Waals surface area (Å²) in [6.07, 6.45) is 0.335. The molecule has 0 spiro atoms. The quantitative estimate of drug-likeness (QED) is 0.565. The van der Waals surface area contributed by atoms with Crippen LogP contribution in [0.15, 0.2) is 59.2 Å². The highest BCUT2D eigenvalue weighted by Gasteiger charge is 2.21. The van der Waals surface area contributed by atoms with Gasteiger partial charge in [0, 0.05) is 17.4 Å². The average molecular weight is 436 g/mol. The maximum Gasteiger partial charge on any atom is 0.338 e. The second-order valence-corrected chi connectivity index (χ2v) is 7.07. The number of fused-ring (bicyclic) bond motifs is 1. The van der Waals surface area contributed by atoms with E-state index in [2.05, 4.69) is 10.6 Å². The topological polar surface area (TPSA) is 116 Å². The first-order valence-corrected chi connectivity index (χ1v) is 9.78. The predicted octanol–water partition coefficient (Wildman–Crippen LogP) is 3.75. The Balaban J connectivity index is 1.39. The molecule has 0 saturated heterocycles. The van der Waals surface area contributed by atoms with Gasteiger partial charge in [0.2, 0.25) is 6.79 Å². The van der Waals surface area contributed by atoms with E-state index in [1.54, 1.807) is 43.3 Å². The molecule has 3 aromatic rings. The van der Waals surface area contributed by atoms with Crippen molar-refractivity contribution in [2.24, 2.45) is 0 Å². The molecule has 0 radical (unpaired) electrons. The van der Waals surface area contributed by atoms with Gasteiger partial charge in [0.1, 0.15) is 0 Å². The zero-order chi connectivity index (χ0) is 22.7. The van der Waals surface area contributed by atoms with Crippen molar-refractivity contribution in [1.29, 1.82) is 0 Å². The smallest absolute Gasteiger partial charge is 0.338 e. The van der Waals surface area contributed by atoms with Crippen molar-refractivity contribution in [3.05, 3.63) is 71.7 Å². The van der Waals surface area contributed by atoms with E-state index in [1.807, 2.05) is 0 Å². The third kappa shape index (κ3) is 4.56. The number of aryl methyl sites for hydroxylation is 1. The monoisotopic (exact) mass is 436 g/mol. The van der Waals surface area contributed by atoms with Crippen molar-refractivity contribution >= 4 is 29.2 Å². The third-order valence-electron chi connectivity index (χ3n) is 4.76. The molecular weight excluding hydrogens is 416 g/mol. The van der Waals surface area contributed by atoms with Crippen LogP contribution in [0.4, 0.5) is 11.4 Å². The van der Waals surface area contributed by atoms with Gasteiger partial charge in [-0.2, -0.15) is 0 Å². The van der Waals surface area contributed by atoms with E-state index in [9.17, 15) is 14.4 Å². The third-order valence-corrected chi connectivity index (χ3v) is 4.76. The van der Waals surface area contributed by atoms with Crippen molar-refractivity contribution in [3.8, 4) is 11.5 Å². The Morgan fingerprint density at radius 2 is 1.81 bits per heavy atom. The Hall–Kier alpha value is -4.27. The fourth-order valence-corrected chi connectivity index (χ4v) is 2.98. The largest absolute Gasteiger partial charge is 0.459 e. The van der Waals surface area contributed by atoms with E-state index >= 15 is 0 Å². The number of furan rings is 1. The van der Waals surface area contributed by atoms with Crippen LogP contribution in [0.25, 0.3) is 0 Å². The van der Waals surface area contributed by atoms with Crippen molar-refractivity contribution in [3.63, 3.8) is 0 Å². The molecule has 0 saturated carbocycles. The summed E-state index contributed by atoms with van der Waals surface area (Å²) in [6, 6.07) is 12.8. The van der Waals surface area contributed by atoms with Gasteiger partial charge in [-0.1, -0.05) is 6.07 Å². The highest BCUT2D eigenvalue weighted by atomic mass is 16.7. The van der Waals surface area contributed by atoms with E-state index in [0.29, 0.717) is 22.9 Å². The molecular formula is C23H20N2O7. The molecule has 9 heteroatoms. The summed E-state index contributed by atoms with van der Waals surface area (Å²) in [5.41, 5.74) is 1.85. The van der Waals surface area contributed by atoms with Gasteiger partial charge < -0.3 is 29.3 Å². The zero-order valence-electron chi connectivity index (χ0n) is 17.3. The summed E-state index contributed by atoms with van der Waals surface area (Å²) in [7, 11) is 0. The van der Waals surface area contributed by atoms with Gasteiger partial charge in [0.25, 0.3) is 11.8 Å². The van der Waals surface area contributed by atoms with Crippen LogP contribution in [-0.2, 0) is 9.53 Å². The minimum absolute atomic E-state index is 0.126. The van der Waals surface area contributed by atoms with Crippen LogP contribution in [-0.4, -0.2) is 30.7 Å². The van der Waals surface area contributed by atoms with Gasteiger partial charge in [-0.25, -0.2) is 4.79 Å². The molecule has 9 nitrogen and oxygen atoms in total. The molecule has 1 atom stereocenters. The van der Waals surface area contributed by atoms with Gasteiger partial charge in [-0.3, -0.25) is 9.59 Å². The first-order chi connectivity index (χ1) is 15.4. The minimum atomic E-state index is -1.06. The highest BCUT2D eigenvalue weighted by Crippen LogP contribution is 2.34. The number of amides is 2. The standard InChI is InChI=1S/C23H20N2O7/c1-13-5-6-15(10-17(13)25-22(27)19-4-3-9-29-19)23(28)32-14(2)21(26)24-16-7-8-18-20(11-16)31-12-30-18/h3-11,14H,12H2,1-2H3,(H,24,26)(H,25,27)/t14-/m1/s1. The minimum Gasteiger partial charge on any atom is -0.459 e. The van der Waals surface area contributed by atoms with Crippen LogP contribution in [0.5, 0.6) is 11.5 Å². The molecule has 2 heterocycles. The van der Waals surface area contributed by atoms with E-state index < -0.39 is 23.9 Å². The molecule has 1 aliphatic rings. The highest BCUT2D eigenvalue weighted by molar-refractivity contribution is 6.03. The molecule has 2 aromatic carbocycles. The van der Waals surface area contributed by atoms with E-state index in [4.69, 9.17) is 18.6 Å². The van der Waals surface area contributed by atoms with Gasteiger partial charge in [-0.15, -0.1) is 0 Å². The molecule has 0 aliphatic carbocycles. The van der Waals surface area contributed by atoms with Crippen LogP contribution >= 0.6 is 0 Å². The second kappa shape index (κ2) is 8.84. The number of hydrogen-bond acceptors (Lipinski definition) is 7. The van der Waals surface area contributed by atoms with Crippen LogP contribution < -0.4 is 20.1 Å². The molecule has 2 amide bonds. The number of hydrogen-bond donors (Lipinski definition) is 2. The van der Waals surface area contributed by atoms with Crippen LogP contribution in [0.3, 0.4) is 0 Å². The first kappa shape index (κ1) is 21.0. The fourth-order valence-electron chi connectivity index (χ4n) is 2.98. The van der Waals surface area contributed by atoms with Gasteiger partial charge in [0.15, 0.2) is 23.4 Å². The number of anilines is 2. The summed E-state index contributed by atoms with van der Waals surface area (Å²) in [4.78, 5) is 37.3. The summed E-state index contributed by atoms with van der Waals surface area (Å²) < 4.78 is 20.9. The van der Waals surface area contributed by atoms with Crippen molar-refractivity contribution in [1.82, 2.24) is 0 Å². The molecule has 164 valence electrons. The Labute approximate surface area is 183 Å². The summed E-state index contributed by atoms with van der Waals surface area (Å²) in [5, 5.41) is 5.37. The lowest BCUT2D eigenvalue weighted by Gasteiger charge is -2.15. The predicted molar refractivity (Wildman–Crippen MR) is 114 cm³/mol. The van der Waals surface area contributed by atoms with E-state index in [1.165, 1.54) is 25.3 Å². The van der Waals surface area contributed by atoms with Crippen molar-refractivity contribution in [2.75, 3.05) is 17.4 Å². The number of nitrogens with one attached hydrogen (secondary N) is 2. The number of esters is 1. The summed E-state index contributed by atoms with van der Waals surface area (Å²) in [5.74, 6) is -0.387.